The van der Waals surface area contributed by atoms with Crippen molar-refractivity contribution in [2.45, 2.75) is 38.5 Å². The van der Waals surface area contributed by atoms with Crippen LogP contribution >= 0.6 is 0 Å². The van der Waals surface area contributed by atoms with Crippen LogP contribution in [0.2, 0.25) is 0 Å². The van der Waals surface area contributed by atoms with E-state index in [0.29, 0.717) is 25.4 Å². The summed E-state index contributed by atoms with van der Waals surface area (Å²) in [5.41, 5.74) is 2.60. The predicted octanol–water partition coefficient (Wildman–Crippen LogP) is 2.32. The maximum absolute atomic E-state index is 12.0. The number of benzene rings is 1. The summed E-state index contributed by atoms with van der Waals surface area (Å²) in [6.45, 7) is 2.29. The zero-order valence-electron chi connectivity index (χ0n) is 14.6. The van der Waals surface area contributed by atoms with E-state index >= 15 is 0 Å². The average Bonchev–Trinajstić information content (AvgIpc) is 3.25. The van der Waals surface area contributed by atoms with E-state index < -0.39 is 0 Å². The second-order valence-electron chi connectivity index (χ2n) is 6.71. The fraction of sp³-hybridized carbons (Fsp3) is 0.579. The Kier molecular flexibility index (Phi) is 5.72. The van der Waals surface area contributed by atoms with E-state index in [4.69, 9.17) is 0 Å². The van der Waals surface area contributed by atoms with Gasteiger partial charge in [-0.2, -0.15) is 0 Å². The summed E-state index contributed by atoms with van der Waals surface area (Å²) in [5, 5.41) is 6.39. The van der Waals surface area contributed by atoms with Gasteiger partial charge in [0, 0.05) is 38.8 Å². The number of aliphatic imine (C=N–C) groups is 1. The lowest BCUT2D eigenvalue weighted by atomic mass is 10.0. The van der Waals surface area contributed by atoms with Gasteiger partial charge in [0.15, 0.2) is 5.96 Å². The number of guanidine groups is 1. The van der Waals surface area contributed by atoms with Gasteiger partial charge in [-0.05, 0) is 36.8 Å². The molecule has 1 heterocycles. The van der Waals surface area contributed by atoms with Crippen molar-refractivity contribution in [3.05, 3.63) is 29.8 Å². The van der Waals surface area contributed by atoms with Crippen LogP contribution in [0.4, 0.5) is 5.69 Å². The summed E-state index contributed by atoms with van der Waals surface area (Å²) < 4.78 is 0. The molecular formula is C19H28N4O. The van der Waals surface area contributed by atoms with Crippen LogP contribution in [0.5, 0.6) is 0 Å². The minimum atomic E-state index is 0.185. The summed E-state index contributed by atoms with van der Waals surface area (Å²) in [7, 11) is 1.81. The third kappa shape index (κ3) is 4.08. The number of fused-ring (bicyclic) bond motifs is 1. The van der Waals surface area contributed by atoms with Crippen LogP contribution in [0.1, 0.15) is 37.7 Å². The fourth-order valence-corrected chi connectivity index (χ4v) is 3.78. The van der Waals surface area contributed by atoms with Gasteiger partial charge in [-0.25, -0.2) is 0 Å². The summed E-state index contributed by atoms with van der Waals surface area (Å²) in [6, 6.07) is 8.45. The molecule has 130 valence electrons. The quantitative estimate of drug-likeness (QED) is 0.495. The number of rotatable bonds is 5. The highest BCUT2D eigenvalue weighted by atomic mass is 16.1. The summed E-state index contributed by atoms with van der Waals surface area (Å²) in [5.74, 6) is 1.67. The van der Waals surface area contributed by atoms with Crippen LogP contribution in [0.25, 0.3) is 0 Å². The van der Waals surface area contributed by atoms with E-state index in [1.807, 2.05) is 7.05 Å². The molecule has 1 aromatic carbocycles. The molecular weight excluding hydrogens is 300 g/mol. The third-order valence-corrected chi connectivity index (χ3v) is 5.03. The summed E-state index contributed by atoms with van der Waals surface area (Å²) >= 11 is 0. The Balaban J connectivity index is 1.41. The largest absolute Gasteiger partial charge is 0.354 e. The van der Waals surface area contributed by atoms with E-state index in [1.54, 1.807) is 0 Å². The maximum Gasteiger partial charge on any atom is 0.220 e. The van der Waals surface area contributed by atoms with Gasteiger partial charge in [-0.15, -0.1) is 0 Å². The summed E-state index contributed by atoms with van der Waals surface area (Å²) in [6.07, 6.45) is 6.74. The van der Waals surface area contributed by atoms with E-state index in [0.717, 1.165) is 18.9 Å². The number of hydrogen-bond acceptors (Lipinski definition) is 2. The number of nitrogens with zero attached hydrogens (tertiary/aromatic N) is 2. The molecule has 24 heavy (non-hydrogen) atoms. The van der Waals surface area contributed by atoms with Gasteiger partial charge >= 0.3 is 0 Å². The van der Waals surface area contributed by atoms with Gasteiger partial charge in [-0.1, -0.05) is 31.0 Å². The van der Waals surface area contributed by atoms with Gasteiger partial charge in [-0.3, -0.25) is 9.79 Å². The standard InChI is InChI=1S/C19H28N4O/c1-20-19(23-13-10-16-8-4-5-9-17(16)23)22-12-11-21-18(24)14-15-6-2-3-7-15/h4-5,8-9,15H,2-3,6-7,10-14H2,1H3,(H,20,22)(H,21,24). The Bertz CT molecular complexity index is 593. The first kappa shape index (κ1) is 16.8. The van der Waals surface area contributed by atoms with E-state index in [1.165, 1.54) is 36.9 Å². The van der Waals surface area contributed by atoms with Gasteiger partial charge < -0.3 is 15.5 Å². The molecule has 5 heteroatoms. The van der Waals surface area contributed by atoms with Crippen LogP contribution in [-0.2, 0) is 11.2 Å². The third-order valence-electron chi connectivity index (χ3n) is 5.03. The molecule has 0 bridgehead atoms. The van der Waals surface area contributed by atoms with Crippen LogP contribution in [0.15, 0.2) is 29.3 Å². The van der Waals surface area contributed by atoms with Gasteiger partial charge in [0.1, 0.15) is 0 Å². The lowest BCUT2D eigenvalue weighted by molar-refractivity contribution is -0.121. The molecule has 1 fully saturated rings. The number of para-hydroxylation sites is 1. The molecule has 5 nitrogen and oxygen atoms in total. The topological polar surface area (TPSA) is 56.7 Å². The van der Waals surface area contributed by atoms with E-state index in [2.05, 4.69) is 44.8 Å². The monoisotopic (exact) mass is 328 g/mol. The van der Waals surface area contributed by atoms with Crippen molar-refractivity contribution in [1.29, 1.82) is 0 Å². The molecule has 3 rings (SSSR count). The Morgan fingerprint density at radius 1 is 1.21 bits per heavy atom. The first-order valence-electron chi connectivity index (χ1n) is 9.10. The van der Waals surface area contributed by atoms with Crippen LogP contribution in [0, 0.1) is 5.92 Å². The van der Waals surface area contributed by atoms with Crippen molar-refractivity contribution < 1.29 is 4.79 Å². The Labute approximate surface area is 144 Å². The lowest BCUT2D eigenvalue weighted by Crippen LogP contribution is -2.43. The smallest absolute Gasteiger partial charge is 0.220 e. The molecule has 1 aliphatic carbocycles. The number of nitrogens with one attached hydrogen (secondary N) is 2. The van der Waals surface area contributed by atoms with Crippen molar-refractivity contribution in [3.8, 4) is 0 Å². The minimum absolute atomic E-state index is 0.185. The molecule has 1 amide bonds. The van der Waals surface area contributed by atoms with Gasteiger partial charge in [0.05, 0.1) is 0 Å². The number of anilines is 1. The second-order valence-corrected chi connectivity index (χ2v) is 6.71. The van der Waals surface area contributed by atoms with Crippen molar-refractivity contribution in [2.24, 2.45) is 10.9 Å². The van der Waals surface area contributed by atoms with Crippen molar-refractivity contribution in [1.82, 2.24) is 10.6 Å². The van der Waals surface area contributed by atoms with Crippen molar-refractivity contribution in [3.63, 3.8) is 0 Å². The zero-order chi connectivity index (χ0) is 16.8. The average molecular weight is 328 g/mol. The first-order valence-corrected chi connectivity index (χ1v) is 9.10. The second kappa shape index (κ2) is 8.18. The molecule has 1 saturated carbocycles. The fourth-order valence-electron chi connectivity index (χ4n) is 3.78. The van der Waals surface area contributed by atoms with Crippen LogP contribution < -0.4 is 15.5 Å². The van der Waals surface area contributed by atoms with Gasteiger partial charge in [0.25, 0.3) is 0 Å². The number of carbonyl (C=O) groups is 1. The minimum Gasteiger partial charge on any atom is -0.354 e. The van der Waals surface area contributed by atoms with Crippen LogP contribution in [0.3, 0.4) is 0 Å². The maximum atomic E-state index is 12.0. The molecule has 0 atom stereocenters. The molecule has 0 radical (unpaired) electrons. The lowest BCUT2D eigenvalue weighted by Gasteiger charge is -2.22. The van der Waals surface area contributed by atoms with Crippen molar-refractivity contribution >= 4 is 17.6 Å². The van der Waals surface area contributed by atoms with Gasteiger partial charge in [0.2, 0.25) is 5.91 Å². The molecule has 2 N–H and O–H groups in total. The van der Waals surface area contributed by atoms with Crippen LogP contribution in [-0.4, -0.2) is 38.5 Å². The van der Waals surface area contributed by atoms with Crippen molar-refractivity contribution in [2.75, 3.05) is 31.6 Å². The predicted molar refractivity (Wildman–Crippen MR) is 98.4 cm³/mol. The highest BCUT2D eigenvalue weighted by Crippen LogP contribution is 2.28. The SMILES string of the molecule is CN=C(NCCNC(=O)CC1CCCC1)N1CCc2ccccc21. The Morgan fingerprint density at radius 2 is 1.96 bits per heavy atom. The molecule has 0 unspecified atom stereocenters. The van der Waals surface area contributed by atoms with E-state index in [-0.39, 0.29) is 5.91 Å². The highest BCUT2D eigenvalue weighted by Gasteiger charge is 2.22. The number of hydrogen-bond donors (Lipinski definition) is 2. The molecule has 0 aromatic heterocycles. The first-order chi connectivity index (χ1) is 11.8. The highest BCUT2D eigenvalue weighted by molar-refractivity contribution is 5.97. The number of amides is 1. The molecule has 0 saturated heterocycles. The Hall–Kier alpha value is -2.04. The Morgan fingerprint density at radius 3 is 2.75 bits per heavy atom. The molecule has 1 aromatic rings. The summed E-state index contributed by atoms with van der Waals surface area (Å²) in [4.78, 5) is 18.6. The normalized spacial score (nSPS) is 17.9. The molecule has 0 spiro atoms. The zero-order valence-corrected chi connectivity index (χ0v) is 14.6. The number of carbonyl (C=O) groups excluding carboxylic acids is 1. The van der Waals surface area contributed by atoms with E-state index in [9.17, 15) is 4.79 Å². The molecule has 2 aliphatic rings. The molecule has 1 aliphatic heterocycles.